The molecule has 1 saturated heterocycles. The van der Waals surface area contributed by atoms with E-state index in [0.717, 1.165) is 16.2 Å². The fourth-order valence-electron chi connectivity index (χ4n) is 2.62. The van der Waals surface area contributed by atoms with Crippen LogP contribution >= 0.6 is 15.9 Å². The molecule has 0 unspecified atom stereocenters. The number of hydrogen-bond donors (Lipinski definition) is 1. The minimum absolute atomic E-state index is 0.168. The number of carbonyl (C=O) groups excluding carboxylic acids is 1. The molecule has 1 N–H and O–H groups in total. The molecule has 0 saturated carbocycles. The standard InChI is InChI=1S/C17H16BrF2N3O/c18-12-2-1-3-13(10-12)21-17(24)23-8-6-22(7-9-23)14-4-5-15(19)16(20)11-14/h1-5,10-11H,6-9H2,(H,21,24). The van der Waals surface area contributed by atoms with Crippen LogP contribution in [0.2, 0.25) is 0 Å². The number of hydrogen-bond acceptors (Lipinski definition) is 2. The van der Waals surface area contributed by atoms with Gasteiger partial charge in [-0.1, -0.05) is 22.0 Å². The predicted octanol–water partition coefficient (Wildman–Crippen LogP) is 4.08. The molecule has 3 rings (SSSR count). The van der Waals surface area contributed by atoms with E-state index in [4.69, 9.17) is 0 Å². The number of nitrogens with zero attached hydrogens (tertiary/aromatic N) is 2. The number of nitrogens with one attached hydrogen (secondary N) is 1. The largest absolute Gasteiger partial charge is 0.368 e. The zero-order valence-corrected chi connectivity index (χ0v) is 14.4. The summed E-state index contributed by atoms with van der Waals surface area (Å²) in [6.45, 7) is 2.16. The van der Waals surface area contributed by atoms with Crippen LogP contribution in [0.25, 0.3) is 0 Å². The quantitative estimate of drug-likeness (QED) is 0.831. The lowest BCUT2D eigenvalue weighted by molar-refractivity contribution is 0.208. The molecule has 0 atom stereocenters. The topological polar surface area (TPSA) is 35.6 Å². The summed E-state index contributed by atoms with van der Waals surface area (Å²) in [7, 11) is 0. The van der Waals surface area contributed by atoms with Crippen LogP contribution in [0, 0.1) is 11.6 Å². The van der Waals surface area contributed by atoms with Crippen molar-refractivity contribution in [2.24, 2.45) is 0 Å². The molecule has 1 fully saturated rings. The highest BCUT2D eigenvalue weighted by atomic mass is 79.9. The lowest BCUT2D eigenvalue weighted by Gasteiger charge is -2.36. The fourth-order valence-corrected chi connectivity index (χ4v) is 3.02. The monoisotopic (exact) mass is 395 g/mol. The highest BCUT2D eigenvalue weighted by Crippen LogP contribution is 2.20. The van der Waals surface area contributed by atoms with Gasteiger partial charge in [0.2, 0.25) is 0 Å². The van der Waals surface area contributed by atoms with E-state index in [1.807, 2.05) is 29.2 Å². The van der Waals surface area contributed by atoms with Crippen molar-refractivity contribution in [1.29, 1.82) is 0 Å². The van der Waals surface area contributed by atoms with Gasteiger partial charge in [0.05, 0.1) is 0 Å². The Morgan fingerprint density at radius 3 is 2.42 bits per heavy atom. The number of urea groups is 1. The summed E-state index contributed by atoms with van der Waals surface area (Å²) in [4.78, 5) is 15.9. The van der Waals surface area contributed by atoms with E-state index in [2.05, 4.69) is 21.2 Å². The molecule has 2 aromatic carbocycles. The van der Waals surface area contributed by atoms with Gasteiger partial charge in [0.15, 0.2) is 11.6 Å². The van der Waals surface area contributed by atoms with Crippen LogP contribution in [0.15, 0.2) is 46.9 Å². The summed E-state index contributed by atoms with van der Waals surface area (Å²) >= 11 is 3.36. The first-order valence-electron chi connectivity index (χ1n) is 7.54. The van der Waals surface area contributed by atoms with E-state index in [1.54, 1.807) is 11.0 Å². The third kappa shape index (κ3) is 3.84. The maximum absolute atomic E-state index is 13.3. The Balaban J connectivity index is 1.58. The molecule has 1 aliphatic heterocycles. The van der Waals surface area contributed by atoms with Crippen molar-refractivity contribution in [1.82, 2.24) is 4.90 Å². The van der Waals surface area contributed by atoms with Crippen molar-refractivity contribution in [3.05, 3.63) is 58.6 Å². The van der Waals surface area contributed by atoms with Crippen LogP contribution in [-0.2, 0) is 0 Å². The van der Waals surface area contributed by atoms with Crippen LogP contribution in [-0.4, -0.2) is 37.1 Å². The number of rotatable bonds is 2. The Hall–Kier alpha value is -2.15. The predicted molar refractivity (Wildman–Crippen MR) is 93.3 cm³/mol. The molecule has 0 aliphatic carbocycles. The molecule has 2 aromatic rings. The Bertz CT molecular complexity index is 748. The molecule has 24 heavy (non-hydrogen) atoms. The van der Waals surface area contributed by atoms with Crippen molar-refractivity contribution in [3.63, 3.8) is 0 Å². The Morgan fingerprint density at radius 2 is 1.75 bits per heavy atom. The first kappa shape index (κ1) is 16.7. The number of benzene rings is 2. The number of amides is 2. The van der Waals surface area contributed by atoms with Gasteiger partial charge in [-0.15, -0.1) is 0 Å². The van der Waals surface area contributed by atoms with E-state index >= 15 is 0 Å². The van der Waals surface area contributed by atoms with E-state index in [9.17, 15) is 13.6 Å². The van der Waals surface area contributed by atoms with Gasteiger partial charge >= 0.3 is 6.03 Å². The van der Waals surface area contributed by atoms with Crippen LogP contribution < -0.4 is 10.2 Å². The summed E-state index contributed by atoms with van der Waals surface area (Å²) < 4.78 is 27.2. The average molecular weight is 396 g/mol. The first-order chi connectivity index (χ1) is 11.5. The molecule has 1 heterocycles. The first-order valence-corrected chi connectivity index (χ1v) is 8.34. The second-order valence-corrected chi connectivity index (χ2v) is 6.43. The Labute approximate surface area is 147 Å². The highest BCUT2D eigenvalue weighted by molar-refractivity contribution is 9.10. The minimum atomic E-state index is -0.859. The number of halogens is 3. The second kappa shape index (κ2) is 7.17. The molecular formula is C17H16BrF2N3O. The van der Waals surface area contributed by atoms with Crippen LogP contribution in [0.3, 0.4) is 0 Å². The minimum Gasteiger partial charge on any atom is -0.368 e. The summed E-state index contributed by atoms with van der Waals surface area (Å²) in [5, 5.41) is 2.85. The Kier molecular flexibility index (Phi) is 4.99. The molecule has 0 bridgehead atoms. The summed E-state index contributed by atoms with van der Waals surface area (Å²) in [5.41, 5.74) is 1.35. The third-order valence-electron chi connectivity index (χ3n) is 3.91. The van der Waals surface area contributed by atoms with Gasteiger partial charge in [0.25, 0.3) is 0 Å². The van der Waals surface area contributed by atoms with Crippen LogP contribution in [0.5, 0.6) is 0 Å². The molecule has 126 valence electrons. The van der Waals surface area contributed by atoms with Crippen molar-refractivity contribution in [3.8, 4) is 0 Å². The van der Waals surface area contributed by atoms with Gasteiger partial charge < -0.3 is 15.1 Å². The maximum Gasteiger partial charge on any atom is 0.321 e. The zero-order chi connectivity index (χ0) is 17.1. The lowest BCUT2D eigenvalue weighted by Crippen LogP contribution is -2.50. The van der Waals surface area contributed by atoms with Crippen molar-refractivity contribution >= 4 is 33.3 Å². The summed E-state index contributed by atoms with van der Waals surface area (Å²) in [6.07, 6.45) is 0. The van der Waals surface area contributed by atoms with Crippen molar-refractivity contribution in [2.45, 2.75) is 0 Å². The molecule has 0 spiro atoms. The van der Waals surface area contributed by atoms with Gasteiger partial charge in [-0.2, -0.15) is 0 Å². The van der Waals surface area contributed by atoms with Crippen molar-refractivity contribution < 1.29 is 13.6 Å². The van der Waals surface area contributed by atoms with E-state index in [0.29, 0.717) is 31.9 Å². The van der Waals surface area contributed by atoms with E-state index in [-0.39, 0.29) is 6.03 Å². The number of piperazine rings is 1. The highest BCUT2D eigenvalue weighted by Gasteiger charge is 2.22. The molecular weight excluding hydrogens is 380 g/mol. The van der Waals surface area contributed by atoms with E-state index in [1.165, 1.54) is 6.07 Å². The SMILES string of the molecule is O=C(Nc1cccc(Br)c1)N1CCN(c2ccc(F)c(F)c2)CC1. The summed E-state index contributed by atoms with van der Waals surface area (Å²) in [5.74, 6) is -1.71. The van der Waals surface area contributed by atoms with Crippen LogP contribution in [0.4, 0.5) is 25.0 Å². The smallest absolute Gasteiger partial charge is 0.321 e. The van der Waals surface area contributed by atoms with Gasteiger partial charge in [-0.05, 0) is 30.3 Å². The van der Waals surface area contributed by atoms with E-state index < -0.39 is 11.6 Å². The second-order valence-electron chi connectivity index (χ2n) is 5.51. The number of carbonyl (C=O) groups is 1. The van der Waals surface area contributed by atoms with Crippen LogP contribution in [0.1, 0.15) is 0 Å². The summed E-state index contributed by atoms with van der Waals surface area (Å²) in [6, 6.07) is 11.1. The molecule has 0 radical (unpaired) electrons. The third-order valence-corrected chi connectivity index (χ3v) is 4.40. The Morgan fingerprint density at radius 1 is 1.00 bits per heavy atom. The molecule has 1 aliphatic rings. The molecule has 4 nitrogen and oxygen atoms in total. The zero-order valence-electron chi connectivity index (χ0n) is 12.8. The molecule has 7 heteroatoms. The average Bonchev–Trinajstić information content (AvgIpc) is 2.57. The van der Waals surface area contributed by atoms with Gasteiger partial charge in [-0.3, -0.25) is 0 Å². The fraction of sp³-hybridized carbons (Fsp3) is 0.235. The molecule has 0 aromatic heterocycles. The van der Waals surface area contributed by atoms with Gasteiger partial charge in [-0.25, -0.2) is 13.6 Å². The van der Waals surface area contributed by atoms with Crippen molar-refractivity contribution in [2.75, 3.05) is 36.4 Å². The maximum atomic E-state index is 13.3. The molecule has 2 amide bonds. The normalized spacial score (nSPS) is 14.6. The number of anilines is 2. The lowest BCUT2D eigenvalue weighted by atomic mass is 10.2. The van der Waals surface area contributed by atoms with Gasteiger partial charge in [0.1, 0.15) is 0 Å². The van der Waals surface area contributed by atoms with Gasteiger partial charge in [0, 0.05) is 48.1 Å².